The molecule has 1 N–H and O–H groups in total. The fourth-order valence-electron chi connectivity index (χ4n) is 0.249. The van der Waals surface area contributed by atoms with Gasteiger partial charge in [0.1, 0.15) is 9.68 Å². The summed E-state index contributed by atoms with van der Waals surface area (Å²) in [5.41, 5.74) is 0. The summed E-state index contributed by atoms with van der Waals surface area (Å²) in [4.78, 5) is 12.7. The SMILES string of the molecule is C[SiH2]NC(C)=O. The van der Waals surface area contributed by atoms with E-state index < -0.39 is 0 Å². The van der Waals surface area contributed by atoms with Gasteiger partial charge in [0, 0.05) is 6.92 Å². The number of rotatable bonds is 1. The van der Waals surface area contributed by atoms with Gasteiger partial charge >= 0.3 is 0 Å². The van der Waals surface area contributed by atoms with Crippen LogP contribution in [0.15, 0.2) is 0 Å². The van der Waals surface area contributed by atoms with Gasteiger partial charge in [-0.05, 0) is 0 Å². The van der Waals surface area contributed by atoms with E-state index in [1.807, 2.05) is 6.55 Å². The Kier molecular flexibility index (Phi) is 2.75. The van der Waals surface area contributed by atoms with Crippen molar-refractivity contribution < 1.29 is 4.79 Å². The molecule has 0 rings (SSSR count). The van der Waals surface area contributed by atoms with Crippen molar-refractivity contribution >= 4 is 15.6 Å². The molecule has 0 aromatic heterocycles. The van der Waals surface area contributed by atoms with E-state index in [0.29, 0.717) is 0 Å². The van der Waals surface area contributed by atoms with E-state index in [0.717, 1.165) is 0 Å². The average Bonchev–Trinajstić information content (AvgIpc) is 1.35. The van der Waals surface area contributed by atoms with Crippen LogP contribution in [0.25, 0.3) is 0 Å². The Morgan fingerprint density at radius 3 is 2.33 bits per heavy atom. The van der Waals surface area contributed by atoms with E-state index in [-0.39, 0.29) is 15.6 Å². The summed E-state index contributed by atoms with van der Waals surface area (Å²) in [6.07, 6.45) is 0. The van der Waals surface area contributed by atoms with Crippen molar-refractivity contribution in [2.24, 2.45) is 0 Å². The number of hydrogen-bond donors (Lipinski definition) is 1. The lowest BCUT2D eigenvalue weighted by Crippen LogP contribution is -2.21. The maximum Gasteiger partial charge on any atom is 0.208 e. The third kappa shape index (κ3) is 3.69. The highest BCUT2D eigenvalue weighted by Gasteiger charge is 1.79. The van der Waals surface area contributed by atoms with E-state index in [4.69, 9.17) is 0 Å². The normalized spacial score (nSPS) is 9.67. The van der Waals surface area contributed by atoms with Crippen molar-refractivity contribution in [1.29, 1.82) is 0 Å². The van der Waals surface area contributed by atoms with Gasteiger partial charge in [-0.1, -0.05) is 6.55 Å². The minimum Gasteiger partial charge on any atom is -0.388 e. The first-order chi connectivity index (χ1) is 2.77. The largest absolute Gasteiger partial charge is 0.388 e. The summed E-state index contributed by atoms with van der Waals surface area (Å²) in [6.45, 7) is 3.57. The zero-order chi connectivity index (χ0) is 4.99. The second kappa shape index (κ2) is 2.90. The van der Waals surface area contributed by atoms with E-state index in [2.05, 4.69) is 4.98 Å². The van der Waals surface area contributed by atoms with Crippen molar-refractivity contribution in [2.45, 2.75) is 13.5 Å². The molecule has 0 fully saturated rings. The number of carbonyl (C=O) groups excluding carboxylic acids is 1. The zero-order valence-corrected chi connectivity index (χ0v) is 5.53. The predicted octanol–water partition coefficient (Wildman–Crippen LogP) is -0.746. The van der Waals surface area contributed by atoms with Crippen LogP contribution in [0.4, 0.5) is 0 Å². The van der Waals surface area contributed by atoms with Gasteiger partial charge in [0.2, 0.25) is 5.91 Å². The van der Waals surface area contributed by atoms with E-state index in [1.54, 1.807) is 0 Å². The molecule has 0 saturated heterocycles. The smallest absolute Gasteiger partial charge is 0.208 e. The molecule has 1 amide bonds. The Morgan fingerprint density at radius 2 is 2.33 bits per heavy atom. The maximum absolute atomic E-state index is 9.97. The Bertz CT molecular complexity index is 54.8. The molecule has 0 aliphatic rings. The lowest BCUT2D eigenvalue weighted by atomic mass is 10.8. The Labute approximate surface area is 39.8 Å². The number of hydrogen-bond acceptors (Lipinski definition) is 1. The highest BCUT2D eigenvalue weighted by molar-refractivity contribution is 6.34. The van der Waals surface area contributed by atoms with Crippen LogP contribution in [0.3, 0.4) is 0 Å². The van der Waals surface area contributed by atoms with Crippen LogP contribution in [0.5, 0.6) is 0 Å². The fraction of sp³-hybridized carbons (Fsp3) is 0.667. The van der Waals surface area contributed by atoms with Crippen LogP contribution in [0.2, 0.25) is 6.55 Å². The monoisotopic (exact) mass is 103 g/mol. The van der Waals surface area contributed by atoms with Crippen LogP contribution in [0.1, 0.15) is 6.92 Å². The van der Waals surface area contributed by atoms with E-state index >= 15 is 0 Å². The second-order valence-corrected chi connectivity index (χ2v) is 2.15. The molecule has 0 heterocycles. The summed E-state index contributed by atoms with van der Waals surface area (Å²) in [5.74, 6) is 0.101. The van der Waals surface area contributed by atoms with Gasteiger partial charge in [0.25, 0.3) is 0 Å². The summed E-state index contributed by atoms with van der Waals surface area (Å²) < 4.78 is 0. The topological polar surface area (TPSA) is 29.1 Å². The molecule has 0 bridgehead atoms. The Balaban J connectivity index is 2.83. The van der Waals surface area contributed by atoms with Gasteiger partial charge in [-0.25, -0.2) is 0 Å². The Morgan fingerprint density at radius 1 is 1.83 bits per heavy atom. The molecule has 0 aliphatic heterocycles. The van der Waals surface area contributed by atoms with Gasteiger partial charge < -0.3 is 4.98 Å². The molecule has 0 atom stereocenters. The number of amides is 1. The summed E-state index contributed by atoms with van der Waals surface area (Å²) in [5, 5.41) is 0. The van der Waals surface area contributed by atoms with Gasteiger partial charge in [0.05, 0.1) is 0 Å². The third-order valence-corrected chi connectivity index (χ3v) is 1.28. The first kappa shape index (κ1) is 5.69. The molecule has 0 saturated carbocycles. The predicted molar refractivity (Wildman–Crippen MR) is 28.2 cm³/mol. The molecule has 0 aromatic rings. The molecule has 0 aromatic carbocycles. The minimum absolute atomic E-state index is 0.101. The molecule has 2 nitrogen and oxygen atoms in total. The van der Waals surface area contributed by atoms with Crippen LogP contribution in [-0.2, 0) is 4.79 Å². The second-order valence-electron chi connectivity index (χ2n) is 1.09. The third-order valence-electron chi connectivity index (χ3n) is 0.426. The molecule has 0 radical (unpaired) electrons. The number of carbonyl (C=O) groups is 1. The van der Waals surface area contributed by atoms with Gasteiger partial charge in [-0.2, -0.15) is 0 Å². The lowest BCUT2D eigenvalue weighted by molar-refractivity contribution is -0.117. The fourth-order valence-corrected chi connectivity index (χ4v) is 0.747. The standard InChI is InChI=1S/C3H9NOSi/c1-3(5)4-6-2/h6H2,1-2H3,(H,4,5). The van der Waals surface area contributed by atoms with Gasteiger partial charge in [-0.15, -0.1) is 0 Å². The summed E-state index contributed by atoms with van der Waals surface area (Å²) >= 11 is 0. The van der Waals surface area contributed by atoms with Crippen molar-refractivity contribution in [3.63, 3.8) is 0 Å². The molecular formula is C3H9NOSi. The first-order valence-corrected chi connectivity index (χ1v) is 4.14. The lowest BCUT2D eigenvalue weighted by Gasteiger charge is -1.88. The summed E-state index contributed by atoms with van der Waals surface area (Å²) in [7, 11) is -0.233. The van der Waals surface area contributed by atoms with E-state index in [9.17, 15) is 4.79 Å². The molecule has 36 valence electrons. The maximum atomic E-state index is 9.97. The van der Waals surface area contributed by atoms with E-state index in [1.165, 1.54) is 6.92 Å². The zero-order valence-electron chi connectivity index (χ0n) is 4.12. The van der Waals surface area contributed by atoms with Gasteiger partial charge in [-0.3, -0.25) is 4.79 Å². The average molecular weight is 103 g/mol. The van der Waals surface area contributed by atoms with Gasteiger partial charge in [0.15, 0.2) is 0 Å². The quantitative estimate of drug-likeness (QED) is 0.435. The first-order valence-electron chi connectivity index (χ1n) is 2.01. The van der Waals surface area contributed by atoms with Crippen LogP contribution in [-0.4, -0.2) is 15.6 Å². The minimum atomic E-state index is -0.233. The molecule has 0 spiro atoms. The molecule has 0 unspecified atom stereocenters. The van der Waals surface area contributed by atoms with Crippen LogP contribution in [0, 0.1) is 0 Å². The molecule has 6 heavy (non-hydrogen) atoms. The highest BCUT2D eigenvalue weighted by atomic mass is 28.2. The molecule has 0 aliphatic carbocycles. The van der Waals surface area contributed by atoms with Crippen molar-refractivity contribution in [3.8, 4) is 0 Å². The highest BCUT2D eigenvalue weighted by Crippen LogP contribution is 1.51. The van der Waals surface area contributed by atoms with Crippen LogP contribution >= 0.6 is 0 Å². The van der Waals surface area contributed by atoms with Crippen molar-refractivity contribution in [1.82, 2.24) is 4.98 Å². The molecular weight excluding hydrogens is 94.1 g/mol. The molecule has 3 heteroatoms. The Hall–Kier alpha value is -0.313. The van der Waals surface area contributed by atoms with Crippen molar-refractivity contribution in [2.75, 3.05) is 0 Å². The van der Waals surface area contributed by atoms with Crippen LogP contribution < -0.4 is 4.98 Å². The van der Waals surface area contributed by atoms with Crippen molar-refractivity contribution in [3.05, 3.63) is 0 Å². The number of nitrogens with one attached hydrogen (secondary N) is 1. The summed E-state index contributed by atoms with van der Waals surface area (Å²) in [6, 6.07) is 0.